The Morgan fingerprint density at radius 3 is 3.06 bits per heavy atom. The molecule has 0 atom stereocenters. The molecule has 0 fully saturated rings. The quantitative estimate of drug-likeness (QED) is 0.884. The molecule has 16 heavy (non-hydrogen) atoms. The van der Waals surface area contributed by atoms with Crippen LogP contribution in [0.15, 0.2) is 24.5 Å². The van der Waals surface area contributed by atoms with Crippen LogP contribution in [0.2, 0.25) is 4.34 Å². The molecule has 0 saturated carbocycles. The van der Waals surface area contributed by atoms with Gasteiger partial charge in [0, 0.05) is 24.2 Å². The van der Waals surface area contributed by atoms with E-state index < -0.39 is 0 Å². The van der Waals surface area contributed by atoms with E-state index in [1.165, 1.54) is 4.88 Å². The molecule has 0 radical (unpaired) electrons. The maximum atomic E-state index is 5.86. The molecule has 2 aromatic rings. The van der Waals surface area contributed by atoms with Crippen molar-refractivity contribution in [2.75, 3.05) is 5.32 Å². The van der Waals surface area contributed by atoms with Crippen LogP contribution in [0, 0.1) is 0 Å². The van der Waals surface area contributed by atoms with Crippen molar-refractivity contribution in [3.63, 3.8) is 0 Å². The van der Waals surface area contributed by atoms with Crippen LogP contribution in [-0.4, -0.2) is 9.78 Å². The highest BCUT2D eigenvalue weighted by Crippen LogP contribution is 2.22. The van der Waals surface area contributed by atoms with Crippen LogP contribution in [0.25, 0.3) is 0 Å². The molecule has 0 aliphatic carbocycles. The van der Waals surface area contributed by atoms with Gasteiger partial charge in [-0.05, 0) is 18.6 Å². The minimum atomic E-state index is 0.801. The maximum Gasteiger partial charge on any atom is 0.0931 e. The third kappa shape index (κ3) is 3.00. The average molecular weight is 256 g/mol. The molecule has 0 aromatic carbocycles. The predicted molar refractivity (Wildman–Crippen MR) is 69.2 cm³/mol. The summed E-state index contributed by atoms with van der Waals surface area (Å²) in [6.07, 6.45) is 4.98. The molecule has 0 bridgehead atoms. The van der Waals surface area contributed by atoms with E-state index in [-0.39, 0.29) is 0 Å². The topological polar surface area (TPSA) is 29.9 Å². The molecular weight excluding hydrogens is 242 g/mol. The van der Waals surface area contributed by atoms with E-state index >= 15 is 0 Å². The zero-order chi connectivity index (χ0) is 11.4. The molecule has 2 rings (SSSR count). The Morgan fingerprint density at radius 2 is 2.38 bits per heavy atom. The molecule has 3 nitrogen and oxygen atoms in total. The van der Waals surface area contributed by atoms with E-state index in [4.69, 9.17) is 11.6 Å². The summed E-state index contributed by atoms with van der Waals surface area (Å²) < 4.78 is 2.78. The highest BCUT2D eigenvalue weighted by molar-refractivity contribution is 7.16. The molecule has 86 valence electrons. The Morgan fingerprint density at radius 1 is 1.50 bits per heavy atom. The van der Waals surface area contributed by atoms with Crippen LogP contribution in [0.5, 0.6) is 0 Å². The fourth-order valence-corrected chi connectivity index (χ4v) is 2.47. The summed E-state index contributed by atoms with van der Waals surface area (Å²) in [5.41, 5.74) is 1.05. The van der Waals surface area contributed by atoms with Gasteiger partial charge in [0.1, 0.15) is 0 Å². The second kappa shape index (κ2) is 5.37. The number of hydrogen-bond donors (Lipinski definition) is 1. The molecule has 0 spiro atoms. The standard InChI is InChI=1S/C11H14ClN3S/c1-2-5-15-8-9(6-14-15)13-7-10-3-4-11(12)16-10/h3-4,6,8,13H,2,5,7H2,1H3. The van der Waals surface area contributed by atoms with Crippen molar-refractivity contribution in [1.82, 2.24) is 9.78 Å². The summed E-state index contributed by atoms with van der Waals surface area (Å²) in [4.78, 5) is 1.23. The minimum Gasteiger partial charge on any atom is -0.378 e. The number of halogens is 1. The Labute approximate surface area is 104 Å². The Balaban J connectivity index is 1.89. The molecule has 2 heterocycles. The lowest BCUT2D eigenvalue weighted by atomic mass is 10.4. The van der Waals surface area contributed by atoms with Crippen molar-refractivity contribution in [2.45, 2.75) is 26.4 Å². The average Bonchev–Trinajstić information content (AvgIpc) is 2.85. The van der Waals surface area contributed by atoms with Crippen LogP contribution in [0.3, 0.4) is 0 Å². The maximum absolute atomic E-state index is 5.86. The second-order valence-electron chi connectivity index (χ2n) is 3.55. The van der Waals surface area contributed by atoms with Gasteiger partial charge in [0.05, 0.1) is 16.2 Å². The molecule has 0 amide bonds. The van der Waals surface area contributed by atoms with Gasteiger partial charge in [-0.3, -0.25) is 4.68 Å². The lowest BCUT2D eigenvalue weighted by molar-refractivity contribution is 0.603. The van der Waals surface area contributed by atoms with Crippen molar-refractivity contribution in [3.05, 3.63) is 33.7 Å². The third-order valence-electron chi connectivity index (χ3n) is 2.18. The van der Waals surface area contributed by atoms with Gasteiger partial charge in [0.25, 0.3) is 0 Å². The van der Waals surface area contributed by atoms with Gasteiger partial charge >= 0.3 is 0 Å². The zero-order valence-electron chi connectivity index (χ0n) is 9.11. The van der Waals surface area contributed by atoms with Crippen LogP contribution in [0.4, 0.5) is 5.69 Å². The van der Waals surface area contributed by atoms with E-state index in [0.717, 1.165) is 29.5 Å². The number of aryl methyl sites for hydroxylation is 1. The van der Waals surface area contributed by atoms with Crippen LogP contribution in [0.1, 0.15) is 18.2 Å². The molecule has 2 aromatic heterocycles. The molecular formula is C11H14ClN3S. The zero-order valence-corrected chi connectivity index (χ0v) is 10.7. The summed E-state index contributed by atoms with van der Waals surface area (Å²) in [5.74, 6) is 0. The summed E-state index contributed by atoms with van der Waals surface area (Å²) in [5, 5.41) is 7.58. The summed E-state index contributed by atoms with van der Waals surface area (Å²) in [6.45, 7) is 3.91. The van der Waals surface area contributed by atoms with Crippen molar-refractivity contribution in [1.29, 1.82) is 0 Å². The number of rotatable bonds is 5. The number of nitrogens with zero attached hydrogens (tertiary/aromatic N) is 2. The van der Waals surface area contributed by atoms with Crippen LogP contribution >= 0.6 is 22.9 Å². The van der Waals surface area contributed by atoms with E-state index in [9.17, 15) is 0 Å². The van der Waals surface area contributed by atoms with E-state index in [0.29, 0.717) is 0 Å². The highest BCUT2D eigenvalue weighted by Gasteiger charge is 2.00. The van der Waals surface area contributed by atoms with Crippen LogP contribution in [-0.2, 0) is 13.1 Å². The van der Waals surface area contributed by atoms with Crippen molar-refractivity contribution >= 4 is 28.6 Å². The fourth-order valence-electron chi connectivity index (χ4n) is 1.44. The smallest absolute Gasteiger partial charge is 0.0931 e. The molecule has 0 saturated heterocycles. The second-order valence-corrected chi connectivity index (χ2v) is 5.35. The summed E-state index contributed by atoms with van der Waals surface area (Å²) in [6, 6.07) is 3.96. The van der Waals surface area contributed by atoms with Gasteiger partial charge in [0.15, 0.2) is 0 Å². The van der Waals surface area contributed by atoms with Gasteiger partial charge in [-0.25, -0.2) is 0 Å². The van der Waals surface area contributed by atoms with Crippen molar-refractivity contribution in [2.24, 2.45) is 0 Å². The fraction of sp³-hybridized carbons (Fsp3) is 0.364. The van der Waals surface area contributed by atoms with Crippen molar-refractivity contribution in [3.8, 4) is 0 Å². The molecule has 5 heteroatoms. The third-order valence-corrected chi connectivity index (χ3v) is 3.41. The first kappa shape index (κ1) is 11.5. The van der Waals surface area contributed by atoms with Gasteiger partial charge in [0.2, 0.25) is 0 Å². The molecule has 0 aliphatic heterocycles. The molecule has 0 unspecified atom stereocenters. The number of hydrogen-bond acceptors (Lipinski definition) is 3. The Kier molecular flexibility index (Phi) is 3.85. The van der Waals surface area contributed by atoms with Gasteiger partial charge < -0.3 is 5.32 Å². The van der Waals surface area contributed by atoms with E-state index in [1.807, 2.05) is 29.2 Å². The Bertz CT molecular complexity index is 450. The normalized spacial score (nSPS) is 10.6. The van der Waals surface area contributed by atoms with Crippen LogP contribution < -0.4 is 5.32 Å². The first-order chi connectivity index (χ1) is 7.78. The van der Waals surface area contributed by atoms with Gasteiger partial charge in [-0.1, -0.05) is 18.5 Å². The SMILES string of the molecule is CCCn1cc(NCc2ccc(Cl)s2)cn1. The van der Waals surface area contributed by atoms with E-state index in [2.05, 4.69) is 17.3 Å². The molecule has 0 aliphatic rings. The van der Waals surface area contributed by atoms with Crippen molar-refractivity contribution < 1.29 is 0 Å². The molecule has 1 N–H and O–H groups in total. The number of aromatic nitrogens is 2. The predicted octanol–water partition coefficient (Wildman–Crippen LogP) is 3.62. The first-order valence-electron chi connectivity index (χ1n) is 5.28. The monoisotopic (exact) mass is 255 g/mol. The van der Waals surface area contributed by atoms with E-state index in [1.54, 1.807) is 11.3 Å². The first-order valence-corrected chi connectivity index (χ1v) is 6.48. The number of nitrogens with one attached hydrogen (secondary N) is 1. The van der Waals surface area contributed by atoms with Gasteiger partial charge in [-0.2, -0.15) is 5.10 Å². The van der Waals surface area contributed by atoms with Gasteiger partial charge in [-0.15, -0.1) is 11.3 Å². The summed E-state index contributed by atoms with van der Waals surface area (Å²) >= 11 is 7.46. The highest BCUT2D eigenvalue weighted by atomic mass is 35.5. The largest absolute Gasteiger partial charge is 0.378 e. The Hall–Kier alpha value is -1.00. The summed E-state index contributed by atoms with van der Waals surface area (Å²) in [7, 11) is 0. The lowest BCUT2D eigenvalue weighted by Crippen LogP contribution is -1.97. The number of thiophene rings is 1. The minimum absolute atomic E-state index is 0.801. The number of anilines is 1. The lowest BCUT2D eigenvalue weighted by Gasteiger charge is -2.00.